The normalized spacial score (nSPS) is 17.6. The number of hydrogen-bond acceptors (Lipinski definition) is 4. The topological polar surface area (TPSA) is 49.6 Å². The van der Waals surface area contributed by atoms with E-state index >= 15 is 0 Å². The van der Waals surface area contributed by atoms with Crippen LogP contribution in [-0.4, -0.2) is 30.5 Å². The van der Waals surface area contributed by atoms with Crippen molar-refractivity contribution in [3.8, 4) is 0 Å². The first-order valence-electron chi connectivity index (χ1n) is 10.7. The summed E-state index contributed by atoms with van der Waals surface area (Å²) in [7, 11) is 0. The molecule has 0 bridgehead atoms. The SMILES string of the molecule is Cc1ccc(N(CC2CC2)C(=O)C2CCN(c3nc4ccccc4o3)CC2)cc1. The molecule has 3 aromatic rings. The van der Waals surface area contributed by atoms with Crippen molar-refractivity contribution < 1.29 is 9.21 Å². The summed E-state index contributed by atoms with van der Waals surface area (Å²) in [6, 6.07) is 16.9. The van der Waals surface area contributed by atoms with Crippen molar-refractivity contribution >= 4 is 28.7 Å². The number of hydrogen-bond donors (Lipinski definition) is 0. The first kappa shape index (κ1) is 18.2. The van der Waals surface area contributed by atoms with Crippen LogP contribution >= 0.6 is 0 Å². The van der Waals surface area contributed by atoms with Gasteiger partial charge in [-0.3, -0.25) is 4.79 Å². The van der Waals surface area contributed by atoms with Crippen molar-refractivity contribution in [3.05, 3.63) is 54.1 Å². The Morgan fingerprint density at radius 2 is 1.79 bits per heavy atom. The minimum absolute atomic E-state index is 0.0654. The Hall–Kier alpha value is -2.82. The highest BCUT2D eigenvalue weighted by Crippen LogP contribution is 2.34. The van der Waals surface area contributed by atoms with Crippen molar-refractivity contribution in [2.45, 2.75) is 32.6 Å². The van der Waals surface area contributed by atoms with E-state index < -0.39 is 0 Å². The molecule has 0 radical (unpaired) electrons. The van der Waals surface area contributed by atoms with Crippen LogP contribution in [0.3, 0.4) is 0 Å². The molecule has 1 saturated heterocycles. The van der Waals surface area contributed by atoms with Crippen LogP contribution in [-0.2, 0) is 4.79 Å². The number of benzene rings is 2. The number of oxazole rings is 1. The summed E-state index contributed by atoms with van der Waals surface area (Å²) in [6.07, 6.45) is 4.16. The summed E-state index contributed by atoms with van der Waals surface area (Å²) < 4.78 is 5.91. The van der Waals surface area contributed by atoms with Gasteiger partial charge in [0.15, 0.2) is 5.58 Å². The summed E-state index contributed by atoms with van der Waals surface area (Å²) in [4.78, 5) is 22.2. The number of amides is 1. The average molecular weight is 389 g/mol. The number of fused-ring (bicyclic) bond motifs is 1. The molecule has 5 nitrogen and oxygen atoms in total. The summed E-state index contributed by atoms with van der Waals surface area (Å²) in [5.41, 5.74) is 3.96. The molecule has 0 unspecified atom stereocenters. The lowest BCUT2D eigenvalue weighted by atomic mass is 9.95. The lowest BCUT2D eigenvalue weighted by Crippen LogP contribution is -2.43. The third kappa shape index (κ3) is 3.86. The maximum Gasteiger partial charge on any atom is 0.298 e. The fraction of sp³-hybridized carbons (Fsp3) is 0.417. The first-order valence-corrected chi connectivity index (χ1v) is 10.7. The minimum atomic E-state index is 0.0654. The van der Waals surface area contributed by atoms with Crippen LogP contribution in [0.15, 0.2) is 52.9 Å². The summed E-state index contributed by atoms with van der Waals surface area (Å²) in [6.45, 7) is 4.54. The Labute approximate surface area is 171 Å². The quantitative estimate of drug-likeness (QED) is 0.629. The van der Waals surface area contributed by atoms with Crippen molar-refractivity contribution in [3.63, 3.8) is 0 Å². The monoisotopic (exact) mass is 389 g/mol. The molecule has 2 aliphatic rings. The van der Waals surface area contributed by atoms with Gasteiger partial charge < -0.3 is 14.2 Å². The molecular weight excluding hydrogens is 362 g/mol. The molecule has 2 heterocycles. The molecule has 1 amide bonds. The Balaban J connectivity index is 1.28. The number of aryl methyl sites for hydroxylation is 1. The molecule has 1 aromatic heterocycles. The summed E-state index contributed by atoms with van der Waals surface area (Å²) >= 11 is 0. The minimum Gasteiger partial charge on any atom is -0.423 e. The van der Waals surface area contributed by atoms with E-state index in [0.717, 1.165) is 49.3 Å². The van der Waals surface area contributed by atoms with E-state index in [1.54, 1.807) is 0 Å². The zero-order valence-corrected chi connectivity index (χ0v) is 16.9. The molecule has 150 valence electrons. The number of carbonyl (C=O) groups is 1. The molecule has 0 atom stereocenters. The van der Waals surface area contributed by atoms with Gasteiger partial charge in [-0.25, -0.2) is 0 Å². The second-order valence-corrected chi connectivity index (χ2v) is 8.45. The highest BCUT2D eigenvalue weighted by molar-refractivity contribution is 5.95. The van der Waals surface area contributed by atoms with Gasteiger partial charge in [0.2, 0.25) is 5.91 Å². The largest absolute Gasteiger partial charge is 0.423 e. The Morgan fingerprint density at radius 3 is 2.48 bits per heavy atom. The number of nitrogens with zero attached hydrogens (tertiary/aromatic N) is 3. The van der Waals surface area contributed by atoms with Gasteiger partial charge in [-0.15, -0.1) is 0 Å². The van der Waals surface area contributed by atoms with Gasteiger partial charge in [0.05, 0.1) is 0 Å². The average Bonchev–Trinajstić information content (AvgIpc) is 3.47. The predicted molar refractivity (Wildman–Crippen MR) is 115 cm³/mol. The third-order valence-corrected chi connectivity index (χ3v) is 6.15. The van der Waals surface area contributed by atoms with Crippen LogP contribution in [0, 0.1) is 18.8 Å². The maximum absolute atomic E-state index is 13.4. The molecule has 2 fully saturated rings. The number of carbonyl (C=O) groups excluding carboxylic acids is 1. The second-order valence-electron chi connectivity index (χ2n) is 8.45. The third-order valence-electron chi connectivity index (χ3n) is 6.15. The van der Waals surface area contributed by atoms with Gasteiger partial charge in [-0.1, -0.05) is 29.8 Å². The van der Waals surface area contributed by atoms with Gasteiger partial charge >= 0.3 is 0 Å². The molecule has 5 rings (SSSR count). The smallest absolute Gasteiger partial charge is 0.298 e. The van der Waals surface area contributed by atoms with Crippen LogP contribution < -0.4 is 9.80 Å². The zero-order valence-electron chi connectivity index (χ0n) is 16.9. The van der Waals surface area contributed by atoms with Crippen molar-refractivity contribution in [2.75, 3.05) is 29.4 Å². The molecule has 0 spiro atoms. The van der Waals surface area contributed by atoms with Crippen molar-refractivity contribution in [1.29, 1.82) is 0 Å². The first-order chi connectivity index (χ1) is 14.2. The molecule has 5 heteroatoms. The lowest BCUT2D eigenvalue weighted by molar-refractivity contribution is -0.123. The zero-order chi connectivity index (χ0) is 19.8. The van der Waals surface area contributed by atoms with Gasteiger partial charge in [0.25, 0.3) is 6.01 Å². The molecule has 2 aromatic carbocycles. The number of piperidine rings is 1. The van der Waals surface area contributed by atoms with Crippen molar-refractivity contribution in [1.82, 2.24) is 4.98 Å². The van der Waals surface area contributed by atoms with E-state index in [1.807, 2.05) is 29.2 Å². The number of anilines is 2. The van der Waals surface area contributed by atoms with E-state index in [-0.39, 0.29) is 11.8 Å². The highest BCUT2D eigenvalue weighted by atomic mass is 16.4. The molecule has 0 N–H and O–H groups in total. The van der Waals surface area contributed by atoms with E-state index in [0.29, 0.717) is 11.9 Å². The van der Waals surface area contributed by atoms with Gasteiger partial charge in [-0.05, 0) is 62.8 Å². The Bertz CT molecular complexity index is 965. The van der Waals surface area contributed by atoms with Crippen LogP contribution in [0.1, 0.15) is 31.2 Å². The summed E-state index contributed by atoms with van der Waals surface area (Å²) in [5, 5.41) is 0. The molecule has 1 aliphatic heterocycles. The van der Waals surface area contributed by atoms with Gasteiger partial charge in [-0.2, -0.15) is 4.98 Å². The fourth-order valence-corrected chi connectivity index (χ4v) is 4.14. The fourth-order valence-electron chi connectivity index (χ4n) is 4.14. The molecule has 1 saturated carbocycles. The number of para-hydroxylation sites is 2. The van der Waals surface area contributed by atoms with E-state index in [2.05, 4.69) is 41.1 Å². The predicted octanol–water partition coefficient (Wildman–Crippen LogP) is 4.80. The van der Waals surface area contributed by atoms with Gasteiger partial charge in [0, 0.05) is 31.2 Å². The second kappa shape index (κ2) is 7.54. The van der Waals surface area contributed by atoms with E-state index in [4.69, 9.17) is 4.42 Å². The Kier molecular flexibility index (Phi) is 4.74. The number of aromatic nitrogens is 1. The standard InChI is InChI=1S/C24H27N3O2/c1-17-6-10-20(11-7-17)27(16-18-8-9-18)23(28)19-12-14-26(15-13-19)24-25-21-4-2-3-5-22(21)29-24/h2-7,10-11,18-19H,8-9,12-16H2,1H3. The highest BCUT2D eigenvalue weighted by Gasteiger charge is 2.33. The summed E-state index contributed by atoms with van der Waals surface area (Å²) in [5.74, 6) is 1.01. The van der Waals surface area contributed by atoms with E-state index in [1.165, 1.54) is 18.4 Å². The molecule has 1 aliphatic carbocycles. The number of rotatable bonds is 5. The van der Waals surface area contributed by atoms with Crippen molar-refractivity contribution in [2.24, 2.45) is 11.8 Å². The van der Waals surface area contributed by atoms with Crippen LogP contribution in [0.4, 0.5) is 11.7 Å². The van der Waals surface area contributed by atoms with Gasteiger partial charge in [0.1, 0.15) is 5.52 Å². The van der Waals surface area contributed by atoms with Crippen LogP contribution in [0.2, 0.25) is 0 Å². The molecule has 29 heavy (non-hydrogen) atoms. The Morgan fingerprint density at radius 1 is 1.07 bits per heavy atom. The molecular formula is C24H27N3O2. The van der Waals surface area contributed by atoms with E-state index in [9.17, 15) is 4.79 Å². The van der Waals surface area contributed by atoms with Crippen LogP contribution in [0.5, 0.6) is 0 Å². The lowest BCUT2D eigenvalue weighted by Gasteiger charge is -2.33. The maximum atomic E-state index is 13.4. The van der Waals surface area contributed by atoms with Crippen LogP contribution in [0.25, 0.3) is 11.1 Å².